The molecular weight excluding hydrogens is 198 g/mol. The number of likely N-dealkylation sites (tertiary alicyclic amines) is 1. The molecule has 1 aliphatic rings. The molecule has 0 bridgehead atoms. The van der Waals surface area contributed by atoms with Gasteiger partial charge in [-0.2, -0.15) is 5.26 Å². The van der Waals surface area contributed by atoms with Gasteiger partial charge < -0.3 is 5.73 Å². The number of likely N-dealkylation sites (N-methyl/N-ethyl adjacent to an activating group) is 1. The molecule has 3 nitrogen and oxygen atoms in total. The van der Waals surface area contributed by atoms with E-state index in [1.54, 1.807) is 0 Å². The van der Waals surface area contributed by atoms with Crippen molar-refractivity contribution < 1.29 is 0 Å². The highest BCUT2D eigenvalue weighted by molar-refractivity contribution is 5.35. The Bertz CT molecular complexity index is 398. The van der Waals surface area contributed by atoms with E-state index in [1.807, 2.05) is 18.2 Å². The maximum Gasteiger partial charge on any atom is 0.0991 e. The van der Waals surface area contributed by atoms with Gasteiger partial charge in [-0.25, -0.2) is 0 Å². The number of hydrogen-bond acceptors (Lipinski definition) is 3. The van der Waals surface area contributed by atoms with Crippen molar-refractivity contribution >= 4 is 0 Å². The molecule has 84 valence electrons. The molecule has 1 fully saturated rings. The SMILES string of the molecule is CN1CCCC(N)C1c1cccc(C#N)c1. The van der Waals surface area contributed by atoms with Gasteiger partial charge in [-0.3, -0.25) is 4.90 Å². The molecule has 1 aliphatic heterocycles. The fourth-order valence-corrected chi connectivity index (χ4v) is 2.49. The number of benzene rings is 1. The molecule has 2 N–H and O–H groups in total. The van der Waals surface area contributed by atoms with Crippen molar-refractivity contribution in [3.63, 3.8) is 0 Å². The summed E-state index contributed by atoms with van der Waals surface area (Å²) in [7, 11) is 2.10. The van der Waals surface area contributed by atoms with Crippen LogP contribution in [0.4, 0.5) is 0 Å². The lowest BCUT2D eigenvalue weighted by Gasteiger charge is -2.37. The van der Waals surface area contributed by atoms with Crippen molar-refractivity contribution in [2.75, 3.05) is 13.6 Å². The molecule has 2 atom stereocenters. The third-order valence-corrected chi connectivity index (χ3v) is 3.29. The Hall–Kier alpha value is -1.37. The Morgan fingerprint density at radius 3 is 3.00 bits per heavy atom. The molecule has 2 rings (SSSR count). The maximum absolute atomic E-state index is 8.90. The monoisotopic (exact) mass is 215 g/mol. The second kappa shape index (κ2) is 4.65. The number of nitrogens with two attached hydrogens (primary N) is 1. The minimum Gasteiger partial charge on any atom is -0.326 e. The average Bonchev–Trinajstić information content (AvgIpc) is 2.29. The highest BCUT2D eigenvalue weighted by atomic mass is 15.2. The molecule has 0 aromatic heterocycles. The van der Waals surface area contributed by atoms with E-state index in [4.69, 9.17) is 11.0 Å². The highest BCUT2D eigenvalue weighted by Crippen LogP contribution is 2.28. The Balaban J connectivity index is 2.31. The largest absolute Gasteiger partial charge is 0.326 e. The summed E-state index contributed by atoms with van der Waals surface area (Å²) in [5, 5.41) is 8.90. The summed E-state index contributed by atoms with van der Waals surface area (Å²) in [4.78, 5) is 2.28. The predicted molar refractivity (Wildman–Crippen MR) is 63.7 cm³/mol. The van der Waals surface area contributed by atoms with Gasteiger partial charge in [0.05, 0.1) is 11.6 Å². The van der Waals surface area contributed by atoms with Gasteiger partial charge in [0, 0.05) is 12.1 Å². The molecule has 1 aromatic carbocycles. The second-order valence-corrected chi connectivity index (χ2v) is 4.47. The van der Waals surface area contributed by atoms with E-state index in [0.29, 0.717) is 5.56 Å². The molecule has 0 radical (unpaired) electrons. The van der Waals surface area contributed by atoms with Crippen molar-refractivity contribution in [1.82, 2.24) is 4.90 Å². The second-order valence-electron chi connectivity index (χ2n) is 4.47. The number of rotatable bonds is 1. The topological polar surface area (TPSA) is 53.0 Å². The van der Waals surface area contributed by atoms with Crippen molar-refractivity contribution in [1.29, 1.82) is 5.26 Å². The van der Waals surface area contributed by atoms with Crippen molar-refractivity contribution in [2.24, 2.45) is 5.73 Å². The molecule has 1 aromatic rings. The Morgan fingerprint density at radius 2 is 2.31 bits per heavy atom. The Morgan fingerprint density at radius 1 is 1.50 bits per heavy atom. The van der Waals surface area contributed by atoms with Crippen LogP contribution in [0.1, 0.15) is 30.0 Å². The molecule has 0 spiro atoms. The van der Waals surface area contributed by atoms with Gasteiger partial charge in [0.25, 0.3) is 0 Å². The first kappa shape index (κ1) is 11.1. The Kier molecular flexibility index (Phi) is 3.23. The standard InChI is InChI=1S/C13H17N3/c1-16-7-3-6-12(15)13(16)11-5-2-4-10(8-11)9-14/h2,4-5,8,12-13H,3,6-7,15H2,1H3. The minimum absolute atomic E-state index is 0.174. The fourth-order valence-electron chi connectivity index (χ4n) is 2.49. The van der Waals surface area contributed by atoms with Crippen LogP contribution in [0.2, 0.25) is 0 Å². The number of nitrogens with zero attached hydrogens (tertiary/aromatic N) is 2. The Labute approximate surface area is 96.5 Å². The summed E-state index contributed by atoms with van der Waals surface area (Å²) in [6, 6.07) is 10.4. The lowest BCUT2D eigenvalue weighted by Crippen LogP contribution is -2.43. The van der Waals surface area contributed by atoms with Crippen LogP contribution in [-0.4, -0.2) is 24.5 Å². The molecule has 1 saturated heterocycles. The predicted octanol–water partition coefficient (Wildman–Crippen LogP) is 1.65. The summed E-state index contributed by atoms with van der Waals surface area (Å²) >= 11 is 0. The molecule has 0 amide bonds. The van der Waals surface area contributed by atoms with Gasteiger partial charge in [-0.05, 0) is 44.1 Å². The maximum atomic E-state index is 8.90. The third kappa shape index (κ3) is 2.08. The summed E-state index contributed by atoms with van der Waals surface area (Å²) in [6.07, 6.45) is 2.22. The van der Waals surface area contributed by atoms with Gasteiger partial charge in [0.15, 0.2) is 0 Å². The number of nitriles is 1. The van der Waals surface area contributed by atoms with Crippen LogP contribution in [0.25, 0.3) is 0 Å². The van der Waals surface area contributed by atoms with Crippen molar-refractivity contribution in [3.05, 3.63) is 35.4 Å². The van der Waals surface area contributed by atoms with E-state index in [0.717, 1.165) is 24.9 Å². The summed E-state index contributed by atoms with van der Waals surface area (Å²) in [6.45, 7) is 1.08. The van der Waals surface area contributed by atoms with Crippen LogP contribution in [0.15, 0.2) is 24.3 Å². The van der Waals surface area contributed by atoms with Gasteiger partial charge in [-0.1, -0.05) is 12.1 Å². The van der Waals surface area contributed by atoms with Crippen LogP contribution in [-0.2, 0) is 0 Å². The number of hydrogen-bond donors (Lipinski definition) is 1. The van der Waals surface area contributed by atoms with Crippen molar-refractivity contribution in [2.45, 2.75) is 24.9 Å². The zero-order chi connectivity index (χ0) is 11.5. The molecule has 0 aliphatic carbocycles. The van der Waals surface area contributed by atoms with Gasteiger partial charge in [0.2, 0.25) is 0 Å². The first-order chi connectivity index (χ1) is 7.72. The molecule has 1 heterocycles. The molecular formula is C13H17N3. The summed E-state index contributed by atoms with van der Waals surface area (Å²) in [5.41, 5.74) is 8.04. The van der Waals surface area contributed by atoms with Crippen LogP contribution in [0, 0.1) is 11.3 Å². The summed E-state index contributed by atoms with van der Waals surface area (Å²) < 4.78 is 0. The smallest absolute Gasteiger partial charge is 0.0991 e. The van der Waals surface area contributed by atoms with Crippen LogP contribution >= 0.6 is 0 Å². The van der Waals surface area contributed by atoms with E-state index < -0.39 is 0 Å². The normalized spacial score (nSPS) is 26.3. The van der Waals surface area contributed by atoms with Gasteiger partial charge >= 0.3 is 0 Å². The molecule has 2 unspecified atom stereocenters. The third-order valence-electron chi connectivity index (χ3n) is 3.29. The first-order valence-electron chi connectivity index (χ1n) is 5.68. The average molecular weight is 215 g/mol. The van der Waals surface area contributed by atoms with Gasteiger partial charge in [-0.15, -0.1) is 0 Å². The van der Waals surface area contributed by atoms with Crippen LogP contribution < -0.4 is 5.73 Å². The van der Waals surface area contributed by atoms with E-state index in [1.165, 1.54) is 0 Å². The van der Waals surface area contributed by atoms with Crippen LogP contribution in [0.5, 0.6) is 0 Å². The quantitative estimate of drug-likeness (QED) is 0.775. The first-order valence-corrected chi connectivity index (χ1v) is 5.68. The molecule has 0 saturated carbocycles. The zero-order valence-corrected chi connectivity index (χ0v) is 9.56. The van der Waals surface area contributed by atoms with E-state index >= 15 is 0 Å². The van der Waals surface area contributed by atoms with E-state index in [9.17, 15) is 0 Å². The minimum atomic E-state index is 0.174. The lowest BCUT2D eigenvalue weighted by molar-refractivity contribution is 0.163. The fraction of sp³-hybridized carbons (Fsp3) is 0.462. The highest BCUT2D eigenvalue weighted by Gasteiger charge is 2.27. The van der Waals surface area contributed by atoms with E-state index in [2.05, 4.69) is 24.1 Å². The summed E-state index contributed by atoms with van der Waals surface area (Å²) in [5.74, 6) is 0. The van der Waals surface area contributed by atoms with E-state index in [-0.39, 0.29) is 12.1 Å². The molecule has 3 heteroatoms. The lowest BCUT2D eigenvalue weighted by atomic mass is 9.91. The van der Waals surface area contributed by atoms with Gasteiger partial charge in [0.1, 0.15) is 0 Å². The van der Waals surface area contributed by atoms with Crippen molar-refractivity contribution in [3.8, 4) is 6.07 Å². The zero-order valence-electron chi connectivity index (χ0n) is 9.56. The van der Waals surface area contributed by atoms with Crippen LogP contribution in [0.3, 0.4) is 0 Å². The molecule has 16 heavy (non-hydrogen) atoms. The number of piperidine rings is 1.